The lowest BCUT2D eigenvalue weighted by Gasteiger charge is -2.19. The van der Waals surface area contributed by atoms with Crippen molar-refractivity contribution in [1.82, 2.24) is 0 Å². The number of furan rings is 2. The van der Waals surface area contributed by atoms with Crippen molar-refractivity contribution in [1.29, 1.82) is 0 Å². The zero-order valence-corrected chi connectivity index (χ0v) is 27.0. The molecule has 0 N–H and O–H groups in total. The summed E-state index contributed by atoms with van der Waals surface area (Å²) in [6.07, 6.45) is 0. The first-order valence-electron chi connectivity index (χ1n) is 17.1. The molecule has 0 bridgehead atoms. The lowest BCUT2D eigenvalue weighted by molar-refractivity contribution is 0.633. The van der Waals surface area contributed by atoms with Crippen LogP contribution in [0.15, 0.2) is 179 Å². The molecular weight excluding hydrogens is 609 g/mol. The summed E-state index contributed by atoms with van der Waals surface area (Å²) in [5, 5.41) is 11.6. The highest BCUT2D eigenvalue weighted by molar-refractivity contribution is 6.30. The normalized spacial score (nSPS) is 12.0. The number of hydrogen-bond donors (Lipinski definition) is 0. The zero-order valence-electron chi connectivity index (χ0n) is 27.0. The minimum Gasteiger partial charge on any atom is -0.452 e. The van der Waals surface area contributed by atoms with E-state index < -0.39 is 0 Å². The topological polar surface area (TPSA) is 26.3 Å². The molecule has 2 aromatic heterocycles. The maximum Gasteiger partial charge on any atom is 0.179 e. The van der Waals surface area contributed by atoms with E-state index in [4.69, 9.17) is 8.83 Å². The quantitative estimate of drug-likeness (QED) is 0.180. The lowest BCUT2D eigenvalue weighted by atomic mass is 9.84. The van der Waals surface area contributed by atoms with Gasteiger partial charge in [0.1, 0.15) is 11.2 Å². The van der Waals surface area contributed by atoms with Crippen molar-refractivity contribution < 1.29 is 8.83 Å². The highest BCUT2D eigenvalue weighted by Crippen LogP contribution is 2.50. The molecule has 0 amide bonds. The Kier molecular flexibility index (Phi) is 5.70. The van der Waals surface area contributed by atoms with Crippen molar-refractivity contribution >= 4 is 76.2 Å². The smallest absolute Gasteiger partial charge is 0.179 e. The van der Waals surface area contributed by atoms with E-state index in [1.54, 1.807) is 0 Å². The van der Waals surface area contributed by atoms with E-state index >= 15 is 0 Å². The van der Waals surface area contributed by atoms with Crippen molar-refractivity contribution in [2.24, 2.45) is 0 Å². The van der Waals surface area contributed by atoms with Crippen molar-refractivity contribution in [3.05, 3.63) is 170 Å². The lowest BCUT2D eigenvalue weighted by Crippen LogP contribution is -1.92. The Morgan fingerprint density at radius 1 is 0.300 bits per heavy atom. The third-order valence-corrected chi connectivity index (χ3v) is 10.4. The molecule has 2 heterocycles. The molecule has 232 valence electrons. The van der Waals surface area contributed by atoms with Crippen molar-refractivity contribution in [2.45, 2.75) is 0 Å². The molecule has 2 nitrogen and oxygen atoms in total. The van der Waals surface area contributed by atoms with Crippen LogP contribution >= 0.6 is 0 Å². The summed E-state index contributed by atoms with van der Waals surface area (Å²) < 4.78 is 13.2. The number of rotatable bonds is 3. The van der Waals surface area contributed by atoms with Crippen LogP contribution in [0, 0.1) is 0 Å². The Morgan fingerprint density at radius 3 is 1.48 bits per heavy atom. The summed E-state index contributed by atoms with van der Waals surface area (Å²) in [5.74, 6) is 0. The van der Waals surface area contributed by atoms with Crippen LogP contribution in [0.5, 0.6) is 0 Å². The van der Waals surface area contributed by atoms with E-state index in [9.17, 15) is 0 Å². The third kappa shape index (κ3) is 3.90. The van der Waals surface area contributed by atoms with Crippen LogP contribution in [0.2, 0.25) is 0 Å². The zero-order chi connectivity index (χ0) is 32.8. The van der Waals surface area contributed by atoms with Gasteiger partial charge in [0.2, 0.25) is 0 Å². The van der Waals surface area contributed by atoms with E-state index in [1.165, 1.54) is 60.1 Å². The summed E-state index contributed by atoms with van der Waals surface area (Å²) in [4.78, 5) is 0. The molecule has 0 aliphatic heterocycles. The van der Waals surface area contributed by atoms with Crippen molar-refractivity contribution in [3.8, 4) is 33.4 Å². The molecule has 0 saturated heterocycles. The Bertz CT molecular complexity index is 3080. The second kappa shape index (κ2) is 10.4. The molecule has 0 saturated carbocycles. The summed E-state index contributed by atoms with van der Waals surface area (Å²) in [7, 11) is 0. The van der Waals surface area contributed by atoms with Crippen LogP contribution in [0.1, 0.15) is 0 Å². The van der Waals surface area contributed by atoms with Gasteiger partial charge in [0, 0.05) is 21.5 Å². The van der Waals surface area contributed by atoms with Gasteiger partial charge in [-0.15, -0.1) is 0 Å². The Labute approximate surface area is 287 Å². The van der Waals surface area contributed by atoms with Crippen LogP contribution in [0.4, 0.5) is 0 Å². The second-order valence-corrected chi connectivity index (χ2v) is 13.2. The first-order chi connectivity index (χ1) is 24.8. The largest absolute Gasteiger partial charge is 0.452 e. The predicted molar refractivity (Wildman–Crippen MR) is 210 cm³/mol. The van der Waals surface area contributed by atoms with Crippen LogP contribution in [-0.4, -0.2) is 0 Å². The van der Waals surface area contributed by atoms with Gasteiger partial charge < -0.3 is 8.83 Å². The molecule has 2 heteroatoms. The van der Waals surface area contributed by atoms with Gasteiger partial charge in [0.05, 0.1) is 0 Å². The fourth-order valence-electron chi connectivity index (χ4n) is 8.20. The van der Waals surface area contributed by atoms with Gasteiger partial charge in [-0.25, -0.2) is 0 Å². The molecule has 0 fully saturated rings. The van der Waals surface area contributed by atoms with Gasteiger partial charge in [-0.3, -0.25) is 0 Å². The third-order valence-electron chi connectivity index (χ3n) is 10.4. The predicted octanol–water partition coefficient (Wildman–Crippen LogP) is 13.9. The molecule has 0 aliphatic rings. The number of hydrogen-bond acceptors (Lipinski definition) is 2. The minimum absolute atomic E-state index is 0.788. The summed E-state index contributed by atoms with van der Waals surface area (Å²) in [6, 6.07) is 61.0. The second-order valence-electron chi connectivity index (χ2n) is 13.2. The van der Waals surface area contributed by atoms with Gasteiger partial charge in [-0.2, -0.15) is 0 Å². The molecular formula is C48H28O2. The van der Waals surface area contributed by atoms with E-state index in [1.807, 2.05) is 18.2 Å². The maximum atomic E-state index is 6.66. The average molecular weight is 637 g/mol. The number of fused-ring (bicyclic) bond motifs is 10. The molecule has 11 rings (SSSR count). The van der Waals surface area contributed by atoms with Gasteiger partial charge in [-0.05, 0) is 96.0 Å². The average Bonchev–Trinajstić information content (AvgIpc) is 3.76. The molecule has 0 unspecified atom stereocenters. The first kappa shape index (κ1) is 27.3. The number of benzene rings is 9. The fraction of sp³-hybridized carbons (Fsp3) is 0. The Balaban J connectivity index is 1.23. The van der Waals surface area contributed by atoms with Crippen LogP contribution in [0.25, 0.3) is 110 Å². The molecule has 11 aromatic rings. The highest BCUT2D eigenvalue weighted by Gasteiger charge is 2.24. The standard InChI is InChI=1S/C48H28O2/c1-2-12-29(13-3-1)30-22-23-32-27-33(25-24-31(32)26-30)44-35-15-4-6-17-37(35)45(38-18-7-5-16-36(38)44)41-28-40-34-14-8-10-20-42(34)49-47(40)48-46(41)39-19-9-11-21-43(39)50-48/h1-28H. The number of para-hydroxylation sites is 2. The maximum absolute atomic E-state index is 6.66. The molecule has 9 aromatic carbocycles. The van der Waals surface area contributed by atoms with E-state index in [0.29, 0.717) is 0 Å². The SMILES string of the molecule is c1ccc(-c2ccc3cc(-c4c5ccccc5c(-c5cc6c7ccccc7oc6c6oc7ccccc7c56)c5ccccc45)ccc3c2)cc1. The van der Waals surface area contributed by atoms with Gasteiger partial charge >= 0.3 is 0 Å². The van der Waals surface area contributed by atoms with Gasteiger partial charge in [0.15, 0.2) is 11.2 Å². The molecule has 0 spiro atoms. The van der Waals surface area contributed by atoms with Crippen LogP contribution in [0.3, 0.4) is 0 Å². The van der Waals surface area contributed by atoms with E-state index in [2.05, 4.69) is 152 Å². The molecule has 0 atom stereocenters. The summed E-state index contributed by atoms with van der Waals surface area (Å²) >= 11 is 0. The van der Waals surface area contributed by atoms with Gasteiger partial charge in [-0.1, -0.05) is 140 Å². The van der Waals surface area contributed by atoms with Crippen molar-refractivity contribution in [2.75, 3.05) is 0 Å². The Morgan fingerprint density at radius 2 is 0.800 bits per heavy atom. The summed E-state index contributed by atoms with van der Waals surface area (Å²) in [6.45, 7) is 0. The van der Waals surface area contributed by atoms with Crippen LogP contribution < -0.4 is 0 Å². The molecule has 0 aliphatic carbocycles. The van der Waals surface area contributed by atoms with Crippen molar-refractivity contribution in [3.63, 3.8) is 0 Å². The minimum atomic E-state index is 0.788. The fourth-order valence-corrected chi connectivity index (χ4v) is 8.20. The van der Waals surface area contributed by atoms with E-state index in [-0.39, 0.29) is 0 Å². The molecule has 0 radical (unpaired) electrons. The highest BCUT2D eigenvalue weighted by atomic mass is 16.4. The summed E-state index contributed by atoms with van der Waals surface area (Å²) in [5.41, 5.74) is 10.6. The van der Waals surface area contributed by atoms with Crippen LogP contribution in [-0.2, 0) is 0 Å². The van der Waals surface area contributed by atoms with Gasteiger partial charge in [0.25, 0.3) is 0 Å². The monoisotopic (exact) mass is 636 g/mol. The first-order valence-corrected chi connectivity index (χ1v) is 17.1. The molecule has 50 heavy (non-hydrogen) atoms. The van der Waals surface area contributed by atoms with E-state index in [0.717, 1.165) is 49.4 Å². The Hall–Kier alpha value is -6.64.